The molecule has 8 nitrogen and oxygen atoms in total. The molecule has 3 aromatic carbocycles. The van der Waals surface area contributed by atoms with E-state index in [9.17, 15) is 5.11 Å². The molecule has 0 amide bonds. The minimum Gasteiger partial charge on any atom is -0.508 e. The molecule has 6 rings (SSSR count). The van der Waals surface area contributed by atoms with Gasteiger partial charge in [-0.2, -0.15) is 0 Å². The zero-order chi connectivity index (χ0) is 28.6. The van der Waals surface area contributed by atoms with E-state index in [1.807, 2.05) is 24.3 Å². The van der Waals surface area contributed by atoms with Crippen molar-refractivity contribution in [1.29, 1.82) is 0 Å². The molecule has 2 aromatic heterocycles. The summed E-state index contributed by atoms with van der Waals surface area (Å²) < 4.78 is 6.23. The van der Waals surface area contributed by atoms with E-state index in [2.05, 4.69) is 66.9 Å². The number of aromatic hydroxyl groups is 1. The summed E-state index contributed by atoms with van der Waals surface area (Å²) in [6.45, 7) is 5.59. The number of aryl methyl sites for hydroxylation is 1. The van der Waals surface area contributed by atoms with E-state index in [0.717, 1.165) is 104 Å². The highest BCUT2D eigenvalue weighted by atomic mass is 16.5. The Labute approximate surface area is 246 Å². The lowest BCUT2D eigenvalue weighted by atomic mass is 9.98. The second-order valence-electron chi connectivity index (χ2n) is 11.0. The number of likely N-dealkylation sites (tertiary alicyclic amines) is 1. The molecule has 3 N–H and O–H groups in total. The number of rotatable bonds is 12. The summed E-state index contributed by atoms with van der Waals surface area (Å²) in [5.41, 5.74) is 4.10. The van der Waals surface area contributed by atoms with Gasteiger partial charge in [0.25, 0.3) is 0 Å². The number of hydrogen-bond donors (Lipinski definition) is 3. The Bertz CT molecular complexity index is 1600. The van der Waals surface area contributed by atoms with Gasteiger partial charge in [0.05, 0.1) is 17.6 Å². The van der Waals surface area contributed by atoms with Crippen LogP contribution in [0.25, 0.3) is 21.8 Å². The fraction of sp³-hybridized carbons (Fsp3) is 0.324. The van der Waals surface area contributed by atoms with Gasteiger partial charge in [-0.1, -0.05) is 30.3 Å². The number of nitrogens with zero attached hydrogens (tertiary/aromatic N) is 4. The first-order valence-corrected chi connectivity index (χ1v) is 14.9. The van der Waals surface area contributed by atoms with E-state index in [1.54, 1.807) is 24.7 Å². The molecule has 0 radical (unpaired) electrons. The minimum atomic E-state index is 0.237. The predicted molar refractivity (Wildman–Crippen MR) is 169 cm³/mol. The first-order chi connectivity index (χ1) is 20.7. The maximum Gasteiger partial charge on any atom is 0.137 e. The van der Waals surface area contributed by atoms with Crippen LogP contribution in [0.1, 0.15) is 24.8 Å². The number of piperidine rings is 1. The Balaban J connectivity index is 0.931. The number of pyridine rings is 1. The molecule has 3 heterocycles. The topological polar surface area (TPSA) is 95.4 Å². The van der Waals surface area contributed by atoms with E-state index in [4.69, 9.17) is 4.74 Å². The van der Waals surface area contributed by atoms with E-state index in [0.29, 0.717) is 5.92 Å². The van der Waals surface area contributed by atoms with Gasteiger partial charge in [-0.05, 0) is 80.6 Å². The zero-order valence-corrected chi connectivity index (χ0v) is 23.9. The van der Waals surface area contributed by atoms with Gasteiger partial charge in [-0.3, -0.25) is 4.98 Å². The van der Waals surface area contributed by atoms with Crippen molar-refractivity contribution in [2.24, 2.45) is 5.92 Å². The smallest absolute Gasteiger partial charge is 0.137 e. The SMILES string of the molecule is Oc1ccc2c(NCCN3CCC(COc4ccc5c(NCCCc6ccccc6)ncnc5c4)CC3)ccnc2c1. The van der Waals surface area contributed by atoms with Crippen molar-refractivity contribution in [2.75, 3.05) is 50.0 Å². The Morgan fingerprint density at radius 1 is 0.833 bits per heavy atom. The fourth-order valence-electron chi connectivity index (χ4n) is 5.64. The number of phenols is 1. The Hall–Kier alpha value is -4.43. The molecule has 1 fully saturated rings. The van der Waals surface area contributed by atoms with Crippen molar-refractivity contribution in [3.63, 3.8) is 0 Å². The van der Waals surface area contributed by atoms with Crippen molar-refractivity contribution < 1.29 is 9.84 Å². The van der Waals surface area contributed by atoms with Gasteiger partial charge in [-0.15, -0.1) is 0 Å². The van der Waals surface area contributed by atoms with Gasteiger partial charge in [-0.25, -0.2) is 9.97 Å². The normalized spacial score (nSPS) is 14.3. The van der Waals surface area contributed by atoms with E-state index in [1.165, 1.54) is 5.56 Å². The number of ether oxygens (including phenoxy) is 1. The number of fused-ring (bicyclic) bond motifs is 2. The van der Waals surface area contributed by atoms with E-state index >= 15 is 0 Å². The van der Waals surface area contributed by atoms with Crippen molar-refractivity contribution in [2.45, 2.75) is 25.7 Å². The number of phenolic OH excluding ortho intramolecular Hbond substituents is 1. The second kappa shape index (κ2) is 13.5. The lowest BCUT2D eigenvalue weighted by Gasteiger charge is -2.32. The summed E-state index contributed by atoms with van der Waals surface area (Å²) in [7, 11) is 0. The van der Waals surface area contributed by atoms with Crippen LogP contribution in [-0.4, -0.2) is 64.3 Å². The van der Waals surface area contributed by atoms with Crippen LogP contribution in [-0.2, 0) is 6.42 Å². The highest BCUT2D eigenvalue weighted by Crippen LogP contribution is 2.27. The molecule has 0 atom stereocenters. The quantitative estimate of drug-likeness (QED) is 0.156. The molecule has 1 aliphatic rings. The molecule has 42 heavy (non-hydrogen) atoms. The molecule has 0 bridgehead atoms. The van der Waals surface area contributed by atoms with Gasteiger partial charge in [0.2, 0.25) is 0 Å². The standard InChI is InChI=1S/C34H38N6O2/c41-27-8-10-29-31(12-16-35-32(29)21-27)36-17-20-40-18-13-26(14-19-40)23-42-28-9-11-30-33(22-28)38-24-39-34(30)37-15-4-7-25-5-2-1-3-6-25/h1-3,5-6,8-12,16,21-22,24,26,41H,4,7,13-15,17-20,23H2,(H,35,36)(H,37,38,39). The number of benzene rings is 3. The van der Waals surface area contributed by atoms with Crippen LogP contribution in [0.4, 0.5) is 11.5 Å². The number of anilines is 2. The first-order valence-electron chi connectivity index (χ1n) is 14.9. The molecule has 0 spiro atoms. The third-order valence-corrected chi connectivity index (χ3v) is 8.05. The molecule has 0 unspecified atom stereocenters. The third-order valence-electron chi connectivity index (χ3n) is 8.05. The second-order valence-corrected chi connectivity index (χ2v) is 11.0. The lowest BCUT2D eigenvalue weighted by molar-refractivity contribution is 0.145. The van der Waals surface area contributed by atoms with Gasteiger partial charge >= 0.3 is 0 Å². The zero-order valence-electron chi connectivity index (χ0n) is 23.9. The minimum absolute atomic E-state index is 0.237. The highest BCUT2D eigenvalue weighted by molar-refractivity contribution is 5.92. The molecular formula is C34H38N6O2. The maximum absolute atomic E-state index is 9.72. The lowest BCUT2D eigenvalue weighted by Crippen LogP contribution is -2.38. The van der Waals surface area contributed by atoms with Gasteiger partial charge in [0.1, 0.15) is 23.6 Å². The Morgan fingerprint density at radius 3 is 2.55 bits per heavy atom. The summed E-state index contributed by atoms with van der Waals surface area (Å²) in [5.74, 6) is 2.52. The average molecular weight is 563 g/mol. The molecule has 1 saturated heterocycles. The number of hydrogen-bond acceptors (Lipinski definition) is 8. The summed E-state index contributed by atoms with van der Waals surface area (Å²) in [6.07, 6.45) is 7.75. The Kier molecular flexibility index (Phi) is 8.90. The average Bonchev–Trinajstić information content (AvgIpc) is 3.03. The third kappa shape index (κ3) is 7.06. The molecule has 216 valence electrons. The van der Waals surface area contributed by atoms with Gasteiger partial charge in [0.15, 0.2) is 0 Å². The van der Waals surface area contributed by atoms with E-state index in [-0.39, 0.29) is 5.75 Å². The molecule has 8 heteroatoms. The van der Waals surface area contributed by atoms with Crippen LogP contribution in [0.2, 0.25) is 0 Å². The predicted octanol–water partition coefficient (Wildman–Crippen LogP) is 6.13. The molecular weight excluding hydrogens is 524 g/mol. The molecule has 0 aliphatic carbocycles. The van der Waals surface area contributed by atoms with Crippen molar-refractivity contribution >= 4 is 33.3 Å². The largest absolute Gasteiger partial charge is 0.508 e. The van der Waals surface area contributed by atoms with Crippen molar-refractivity contribution in [3.8, 4) is 11.5 Å². The van der Waals surface area contributed by atoms with Crippen LogP contribution >= 0.6 is 0 Å². The van der Waals surface area contributed by atoms with Crippen molar-refractivity contribution in [3.05, 3.63) is 90.9 Å². The molecule has 1 aliphatic heterocycles. The molecule has 0 saturated carbocycles. The molecule has 5 aromatic rings. The monoisotopic (exact) mass is 562 g/mol. The fourth-order valence-corrected chi connectivity index (χ4v) is 5.64. The number of nitrogens with one attached hydrogen (secondary N) is 2. The van der Waals surface area contributed by atoms with Crippen LogP contribution in [0.15, 0.2) is 85.3 Å². The van der Waals surface area contributed by atoms with E-state index < -0.39 is 0 Å². The Morgan fingerprint density at radius 2 is 1.67 bits per heavy atom. The van der Waals surface area contributed by atoms with Crippen LogP contribution in [0.5, 0.6) is 11.5 Å². The first kappa shape index (κ1) is 27.7. The highest BCUT2D eigenvalue weighted by Gasteiger charge is 2.20. The summed E-state index contributed by atoms with van der Waals surface area (Å²) in [4.78, 5) is 15.8. The van der Waals surface area contributed by atoms with Gasteiger partial charge in [0, 0.05) is 54.4 Å². The van der Waals surface area contributed by atoms with Crippen LogP contribution in [0.3, 0.4) is 0 Å². The van der Waals surface area contributed by atoms with Gasteiger partial charge < -0.3 is 25.4 Å². The summed E-state index contributed by atoms with van der Waals surface area (Å²) in [6, 6.07) is 24.0. The maximum atomic E-state index is 9.72. The summed E-state index contributed by atoms with van der Waals surface area (Å²) in [5, 5.41) is 18.8. The van der Waals surface area contributed by atoms with Crippen molar-refractivity contribution in [1.82, 2.24) is 19.9 Å². The number of aromatic nitrogens is 3. The van der Waals surface area contributed by atoms with Crippen LogP contribution < -0.4 is 15.4 Å². The van der Waals surface area contributed by atoms with Crippen LogP contribution in [0, 0.1) is 5.92 Å². The summed E-state index contributed by atoms with van der Waals surface area (Å²) >= 11 is 0.